The number of amides is 1. The second-order valence-corrected chi connectivity index (χ2v) is 8.40. The van der Waals surface area contributed by atoms with Crippen LogP contribution in [0.2, 0.25) is 0 Å². The molecule has 0 bridgehead atoms. The summed E-state index contributed by atoms with van der Waals surface area (Å²) in [7, 11) is -3.59. The number of hydrogen-bond donors (Lipinski definition) is 3. The normalized spacial score (nSPS) is 14.6. The van der Waals surface area contributed by atoms with Gasteiger partial charge in [-0.25, -0.2) is 13.1 Å². The van der Waals surface area contributed by atoms with Crippen molar-refractivity contribution in [3.63, 3.8) is 0 Å². The molecule has 0 aliphatic carbocycles. The SMILES string of the molecule is CC(N)CCNC(=O)CCCCCNS(=O)(=O)c1ccc2c(c1)OCCO2. The van der Waals surface area contributed by atoms with E-state index in [1.54, 1.807) is 6.07 Å². The van der Waals surface area contributed by atoms with E-state index in [1.807, 2.05) is 6.92 Å². The summed E-state index contributed by atoms with van der Waals surface area (Å²) in [5.74, 6) is 1.01. The lowest BCUT2D eigenvalue weighted by Crippen LogP contribution is -2.28. The summed E-state index contributed by atoms with van der Waals surface area (Å²) in [5.41, 5.74) is 5.62. The van der Waals surface area contributed by atoms with Crippen molar-refractivity contribution in [1.82, 2.24) is 10.0 Å². The lowest BCUT2D eigenvalue weighted by molar-refractivity contribution is -0.121. The highest BCUT2D eigenvalue weighted by Gasteiger charge is 2.18. The number of fused-ring (bicyclic) bond motifs is 1. The number of sulfonamides is 1. The van der Waals surface area contributed by atoms with Crippen molar-refractivity contribution in [2.45, 2.75) is 50.0 Å². The molecule has 1 aromatic carbocycles. The van der Waals surface area contributed by atoms with Crippen LogP contribution in [0.1, 0.15) is 39.0 Å². The molecule has 1 unspecified atom stereocenters. The van der Waals surface area contributed by atoms with Crippen LogP contribution in [-0.2, 0) is 14.8 Å². The molecule has 9 heteroatoms. The fraction of sp³-hybridized carbons (Fsp3) is 0.611. The Kier molecular flexibility index (Phi) is 8.33. The van der Waals surface area contributed by atoms with E-state index in [9.17, 15) is 13.2 Å². The van der Waals surface area contributed by atoms with Gasteiger partial charge in [-0.15, -0.1) is 0 Å². The van der Waals surface area contributed by atoms with E-state index in [0.29, 0.717) is 50.6 Å². The molecular formula is C18H29N3O5S. The number of hydrogen-bond acceptors (Lipinski definition) is 6. The van der Waals surface area contributed by atoms with Gasteiger partial charge in [0.2, 0.25) is 15.9 Å². The number of rotatable bonds is 11. The monoisotopic (exact) mass is 399 g/mol. The number of nitrogens with two attached hydrogens (primary N) is 1. The summed E-state index contributed by atoms with van der Waals surface area (Å²) in [6.07, 6.45) is 3.35. The maximum Gasteiger partial charge on any atom is 0.240 e. The number of unbranched alkanes of at least 4 members (excludes halogenated alkanes) is 2. The van der Waals surface area contributed by atoms with Crippen molar-refractivity contribution in [1.29, 1.82) is 0 Å². The van der Waals surface area contributed by atoms with E-state index < -0.39 is 10.0 Å². The van der Waals surface area contributed by atoms with E-state index in [0.717, 1.165) is 19.3 Å². The molecule has 1 aromatic rings. The highest BCUT2D eigenvalue weighted by Crippen LogP contribution is 2.32. The molecule has 1 heterocycles. The fourth-order valence-corrected chi connectivity index (χ4v) is 3.68. The molecule has 0 fully saturated rings. The molecule has 0 spiro atoms. The van der Waals surface area contributed by atoms with E-state index in [1.165, 1.54) is 12.1 Å². The minimum absolute atomic E-state index is 0.00695. The summed E-state index contributed by atoms with van der Waals surface area (Å²) < 4.78 is 38.1. The number of nitrogens with one attached hydrogen (secondary N) is 2. The molecule has 1 aliphatic heterocycles. The Morgan fingerprint density at radius 3 is 2.63 bits per heavy atom. The maximum atomic E-state index is 12.4. The van der Waals surface area contributed by atoms with Crippen LogP contribution >= 0.6 is 0 Å². The molecule has 0 saturated carbocycles. The first-order chi connectivity index (χ1) is 12.9. The molecule has 1 aliphatic rings. The number of ether oxygens (including phenoxy) is 2. The van der Waals surface area contributed by atoms with Crippen LogP contribution < -0.4 is 25.2 Å². The summed E-state index contributed by atoms with van der Waals surface area (Å²) in [5, 5.41) is 2.82. The quantitative estimate of drug-likeness (QED) is 0.480. The molecule has 1 amide bonds. The first-order valence-electron chi connectivity index (χ1n) is 9.30. The average Bonchev–Trinajstić information content (AvgIpc) is 2.63. The minimum Gasteiger partial charge on any atom is -0.486 e. The predicted molar refractivity (Wildman–Crippen MR) is 102 cm³/mol. The summed E-state index contributed by atoms with van der Waals surface area (Å²) in [4.78, 5) is 11.8. The third kappa shape index (κ3) is 7.36. The van der Waals surface area contributed by atoms with E-state index >= 15 is 0 Å². The predicted octanol–water partition coefficient (Wildman–Crippen LogP) is 1.15. The number of carbonyl (C=O) groups is 1. The molecule has 1 atom stereocenters. The molecular weight excluding hydrogens is 370 g/mol. The van der Waals surface area contributed by atoms with Crippen LogP contribution in [0.15, 0.2) is 23.1 Å². The van der Waals surface area contributed by atoms with Gasteiger partial charge in [0.1, 0.15) is 13.2 Å². The van der Waals surface area contributed by atoms with Gasteiger partial charge in [0.25, 0.3) is 0 Å². The van der Waals surface area contributed by atoms with Crippen LogP contribution in [0.5, 0.6) is 11.5 Å². The van der Waals surface area contributed by atoms with Crippen LogP contribution in [0.25, 0.3) is 0 Å². The molecule has 0 radical (unpaired) electrons. The Bertz CT molecular complexity index is 722. The standard InChI is InChI=1S/C18H29N3O5S/c1-14(19)8-10-20-18(22)5-3-2-4-9-21-27(23,24)15-6-7-16-17(13-15)26-12-11-25-16/h6-7,13-14,21H,2-5,8-12,19H2,1H3,(H,20,22). The first kappa shape index (κ1) is 21.5. The van der Waals surface area contributed by atoms with Gasteiger partial charge in [-0.1, -0.05) is 6.42 Å². The van der Waals surface area contributed by atoms with Crippen LogP contribution in [-0.4, -0.2) is 46.7 Å². The minimum atomic E-state index is -3.59. The Morgan fingerprint density at radius 2 is 1.89 bits per heavy atom. The molecule has 0 aromatic heterocycles. The van der Waals surface area contributed by atoms with Gasteiger partial charge < -0.3 is 20.5 Å². The summed E-state index contributed by atoms with van der Waals surface area (Å²) >= 11 is 0. The van der Waals surface area contributed by atoms with E-state index in [4.69, 9.17) is 15.2 Å². The third-order valence-corrected chi connectivity index (χ3v) is 5.58. The zero-order valence-corrected chi connectivity index (χ0v) is 16.5. The average molecular weight is 400 g/mol. The molecule has 8 nitrogen and oxygen atoms in total. The summed E-state index contributed by atoms with van der Waals surface area (Å²) in [6.45, 7) is 3.68. The highest BCUT2D eigenvalue weighted by molar-refractivity contribution is 7.89. The van der Waals surface area contributed by atoms with Gasteiger partial charge in [0.05, 0.1) is 4.90 Å². The zero-order chi connectivity index (χ0) is 19.7. The summed E-state index contributed by atoms with van der Waals surface area (Å²) in [6, 6.07) is 4.66. The van der Waals surface area contributed by atoms with Gasteiger partial charge in [-0.2, -0.15) is 0 Å². The van der Waals surface area contributed by atoms with Gasteiger partial charge >= 0.3 is 0 Å². The first-order valence-corrected chi connectivity index (χ1v) is 10.8. The largest absolute Gasteiger partial charge is 0.486 e. The van der Waals surface area contributed by atoms with Crippen molar-refractivity contribution >= 4 is 15.9 Å². The highest BCUT2D eigenvalue weighted by atomic mass is 32.2. The Balaban J connectivity index is 1.65. The van der Waals surface area contributed by atoms with E-state index in [-0.39, 0.29) is 16.8 Å². The lowest BCUT2D eigenvalue weighted by Gasteiger charge is -2.18. The van der Waals surface area contributed by atoms with Crippen LogP contribution in [0.4, 0.5) is 0 Å². The Labute approximate surface area is 160 Å². The maximum absolute atomic E-state index is 12.4. The molecule has 4 N–H and O–H groups in total. The van der Waals surface area contributed by atoms with Crippen LogP contribution in [0.3, 0.4) is 0 Å². The van der Waals surface area contributed by atoms with Crippen molar-refractivity contribution in [2.24, 2.45) is 5.73 Å². The molecule has 0 saturated heterocycles. The molecule has 152 valence electrons. The molecule has 27 heavy (non-hydrogen) atoms. The number of benzene rings is 1. The second kappa shape index (κ2) is 10.5. The van der Waals surface area contributed by atoms with Gasteiger partial charge in [0, 0.05) is 31.6 Å². The topological polar surface area (TPSA) is 120 Å². The van der Waals surface area contributed by atoms with Gasteiger partial charge in [-0.3, -0.25) is 4.79 Å². The van der Waals surface area contributed by atoms with Gasteiger partial charge in [0.15, 0.2) is 11.5 Å². The van der Waals surface area contributed by atoms with Gasteiger partial charge in [-0.05, 0) is 38.3 Å². The van der Waals surface area contributed by atoms with E-state index in [2.05, 4.69) is 10.0 Å². The smallest absolute Gasteiger partial charge is 0.240 e. The van der Waals surface area contributed by atoms with Crippen LogP contribution in [0, 0.1) is 0 Å². The Hall–Kier alpha value is -1.84. The Morgan fingerprint density at radius 1 is 1.15 bits per heavy atom. The van der Waals surface area contributed by atoms with Crippen molar-refractivity contribution in [2.75, 3.05) is 26.3 Å². The second-order valence-electron chi connectivity index (χ2n) is 6.63. The van der Waals surface area contributed by atoms with Crippen molar-refractivity contribution < 1.29 is 22.7 Å². The van der Waals surface area contributed by atoms with Crippen molar-refractivity contribution in [3.8, 4) is 11.5 Å². The lowest BCUT2D eigenvalue weighted by atomic mass is 10.2. The fourth-order valence-electron chi connectivity index (χ4n) is 2.60. The third-order valence-electron chi connectivity index (χ3n) is 4.12. The van der Waals surface area contributed by atoms with Crippen molar-refractivity contribution in [3.05, 3.63) is 18.2 Å². The number of carbonyl (C=O) groups excluding carboxylic acids is 1. The molecule has 2 rings (SSSR count). The zero-order valence-electron chi connectivity index (χ0n) is 15.7.